The summed E-state index contributed by atoms with van der Waals surface area (Å²) in [6.07, 6.45) is 0. The van der Waals surface area contributed by atoms with Crippen LogP contribution in [0.3, 0.4) is 0 Å². The van der Waals surface area contributed by atoms with Gasteiger partial charge in [0, 0.05) is 11.1 Å². The molecule has 2 aromatic carbocycles. The molecular formula is C19H30O2S2. The van der Waals surface area contributed by atoms with Gasteiger partial charge in [-0.25, -0.2) is 0 Å². The zero-order valence-corrected chi connectivity index (χ0v) is 13.3. The highest BCUT2D eigenvalue weighted by Gasteiger charge is 1.94. The molecule has 0 bridgehead atoms. The van der Waals surface area contributed by atoms with Crippen molar-refractivity contribution < 1.29 is 9.59 Å². The molecule has 0 unspecified atom stereocenters. The highest BCUT2D eigenvalue weighted by atomic mass is 32.1. The van der Waals surface area contributed by atoms with Crippen molar-refractivity contribution in [2.45, 2.75) is 36.1 Å². The molecule has 0 atom stereocenters. The summed E-state index contributed by atoms with van der Waals surface area (Å²) in [4.78, 5) is 21.0. The van der Waals surface area contributed by atoms with E-state index in [0.717, 1.165) is 0 Å². The number of benzene rings is 2. The third-order valence-electron chi connectivity index (χ3n) is 2.04. The molecule has 0 saturated heterocycles. The fourth-order valence-electron chi connectivity index (χ4n) is 1.16. The molecule has 0 aliphatic carbocycles. The zero-order chi connectivity index (χ0) is 15.4. The summed E-state index contributed by atoms with van der Waals surface area (Å²) in [6.45, 7) is 4.00. The second-order valence-electron chi connectivity index (χ2n) is 3.34. The Morgan fingerprint density at radius 2 is 0.826 bits per heavy atom. The standard InChI is InChI=1S/2C7H6OS.C2H6.3CH4/c2*8-7(9)6-4-2-1-3-5-6;1-2;;;/h2*1-5H,(H,8,9);1-2H3;3*1H4. The van der Waals surface area contributed by atoms with Crippen molar-refractivity contribution in [3.63, 3.8) is 0 Å². The van der Waals surface area contributed by atoms with Crippen LogP contribution in [0.2, 0.25) is 0 Å². The maximum absolute atomic E-state index is 10.5. The van der Waals surface area contributed by atoms with Gasteiger partial charge in [-0.15, -0.1) is 25.3 Å². The summed E-state index contributed by atoms with van der Waals surface area (Å²) in [5.74, 6) is 0. The maximum atomic E-state index is 10.5. The number of thiol groups is 2. The molecule has 0 aliphatic rings. The molecule has 0 heterocycles. The predicted octanol–water partition coefficient (Wildman–Crippen LogP) is 6.45. The Balaban J connectivity index is -0.000000127. The van der Waals surface area contributed by atoms with Crippen LogP contribution in [0.4, 0.5) is 0 Å². The maximum Gasteiger partial charge on any atom is 0.216 e. The van der Waals surface area contributed by atoms with E-state index < -0.39 is 0 Å². The van der Waals surface area contributed by atoms with Gasteiger partial charge in [0.05, 0.1) is 0 Å². The van der Waals surface area contributed by atoms with E-state index in [0.29, 0.717) is 11.1 Å². The highest BCUT2D eigenvalue weighted by Crippen LogP contribution is 2.01. The first-order chi connectivity index (χ1) is 9.61. The van der Waals surface area contributed by atoms with Gasteiger partial charge in [-0.2, -0.15) is 0 Å². The number of carbonyl (C=O) groups is 2. The van der Waals surface area contributed by atoms with Crippen molar-refractivity contribution in [1.82, 2.24) is 0 Å². The monoisotopic (exact) mass is 354 g/mol. The molecule has 0 fully saturated rings. The molecule has 0 spiro atoms. The fraction of sp³-hybridized carbons (Fsp3) is 0.263. The van der Waals surface area contributed by atoms with Gasteiger partial charge in [-0.3, -0.25) is 9.59 Å². The van der Waals surface area contributed by atoms with Crippen molar-refractivity contribution in [3.8, 4) is 0 Å². The molecule has 130 valence electrons. The number of hydrogen-bond acceptors (Lipinski definition) is 2. The lowest BCUT2D eigenvalue weighted by Gasteiger charge is -1.88. The van der Waals surface area contributed by atoms with Gasteiger partial charge in [0.25, 0.3) is 0 Å². The van der Waals surface area contributed by atoms with E-state index in [9.17, 15) is 9.59 Å². The minimum absolute atomic E-state index is 0. The van der Waals surface area contributed by atoms with Crippen molar-refractivity contribution in [1.29, 1.82) is 0 Å². The van der Waals surface area contributed by atoms with Crippen LogP contribution in [0.1, 0.15) is 56.8 Å². The van der Waals surface area contributed by atoms with Gasteiger partial charge in [-0.1, -0.05) is 96.8 Å². The quantitative estimate of drug-likeness (QED) is 0.608. The van der Waals surface area contributed by atoms with Crippen LogP contribution in [0.25, 0.3) is 0 Å². The molecule has 0 aliphatic heterocycles. The van der Waals surface area contributed by atoms with Crippen LogP contribution in [-0.2, 0) is 0 Å². The van der Waals surface area contributed by atoms with Gasteiger partial charge < -0.3 is 0 Å². The lowest BCUT2D eigenvalue weighted by molar-refractivity contribution is 0.108. The topological polar surface area (TPSA) is 34.1 Å². The minimum Gasteiger partial charge on any atom is -0.282 e. The van der Waals surface area contributed by atoms with E-state index in [2.05, 4.69) is 25.3 Å². The number of hydrogen-bond donors (Lipinski definition) is 2. The van der Waals surface area contributed by atoms with Crippen LogP contribution in [-0.4, -0.2) is 10.2 Å². The third-order valence-corrected chi connectivity index (χ3v) is 2.56. The van der Waals surface area contributed by atoms with Crippen LogP contribution in [0, 0.1) is 0 Å². The van der Waals surface area contributed by atoms with E-state index in [1.807, 2.05) is 50.2 Å². The second kappa shape index (κ2) is 18.5. The van der Waals surface area contributed by atoms with Gasteiger partial charge in [0.2, 0.25) is 10.2 Å². The normalized spacial score (nSPS) is 7.30. The first-order valence-electron chi connectivity index (χ1n) is 6.18. The first kappa shape index (κ1) is 29.5. The minimum atomic E-state index is -0.185. The Hall–Kier alpha value is -1.52. The Morgan fingerprint density at radius 1 is 0.609 bits per heavy atom. The SMILES string of the molecule is C.C.C.CC.O=C(S)c1ccccc1.O=C(S)c1ccccc1. The lowest BCUT2D eigenvalue weighted by Crippen LogP contribution is -1.84. The highest BCUT2D eigenvalue weighted by molar-refractivity contribution is 7.97. The van der Waals surface area contributed by atoms with E-state index in [1.54, 1.807) is 24.3 Å². The Labute approximate surface area is 153 Å². The van der Waals surface area contributed by atoms with E-state index in [-0.39, 0.29) is 32.5 Å². The molecule has 0 N–H and O–H groups in total. The van der Waals surface area contributed by atoms with Crippen LogP contribution < -0.4 is 0 Å². The average Bonchev–Trinajstić information content (AvgIpc) is 2.51. The van der Waals surface area contributed by atoms with Crippen molar-refractivity contribution in [2.24, 2.45) is 0 Å². The Kier molecular flexibility index (Phi) is 23.8. The first-order valence-corrected chi connectivity index (χ1v) is 7.07. The van der Waals surface area contributed by atoms with Gasteiger partial charge >= 0.3 is 0 Å². The van der Waals surface area contributed by atoms with Crippen molar-refractivity contribution in [3.05, 3.63) is 71.8 Å². The third kappa shape index (κ3) is 13.8. The summed E-state index contributed by atoms with van der Waals surface area (Å²) in [5, 5.41) is -0.369. The second-order valence-corrected chi connectivity index (χ2v) is 4.15. The molecule has 2 aromatic rings. The summed E-state index contributed by atoms with van der Waals surface area (Å²) in [5.41, 5.74) is 1.28. The average molecular weight is 355 g/mol. The van der Waals surface area contributed by atoms with E-state index >= 15 is 0 Å². The van der Waals surface area contributed by atoms with Crippen LogP contribution in [0.5, 0.6) is 0 Å². The van der Waals surface area contributed by atoms with Crippen molar-refractivity contribution >= 4 is 35.5 Å². The summed E-state index contributed by atoms with van der Waals surface area (Å²) in [7, 11) is 0. The fourth-order valence-corrected chi connectivity index (χ4v) is 1.46. The molecule has 23 heavy (non-hydrogen) atoms. The molecular weight excluding hydrogens is 324 g/mol. The smallest absolute Gasteiger partial charge is 0.216 e. The summed E-state index contributed by atoms with van der Waals surface area (Å²) in [6, 6.07) is 17.9. The van der Waals surface area contributed by atoms with Gasteiger partial charge in [0.1, 0.15) is 0 Å². The molecule has 4 heteroatoms. The molecule has 2 nitrogen and oxygen atoms in total. The van der Waals surface area contributed by atoms with Gasteiger partial charge in [0.15, 0.2) is 0 Å². The molecule has 0 radical (unpaired) electrons. The predicted molar refractivity (Wildman–Crippen MR) is 111 cm³/mol. The summed E-state index contributed by atoms with van der Waals surface area (Å²) < 4.78 is 0. The lowest BCUT2D eigenvalue weighted by atomic mass is 10.2. The van der Waals surface area contributed by atoms with E-state index in [4.69, 9.17) is 0 Å². The molecule has 0 saturated carbocycles. The van der Waals surface area contributed by atoms with E-state index in [1.165, 1.54) is 0 Å². The zero-order valence-electron chi connectivity index (χ0n) is 11.5. The van der Waals surface area contributed by atoms with Gasteiger partial charge in [-0.05, 0) is 0 Å². The van der Waals surface area contributed by atoms with Crippen LogP contribution in [0.15, 0.2) is 60.7 Å². The summed E-state index contributed by atoms with van der Waals surface area (Å²) >= 11 is 7.30. The number of rotatable bonds is 2. The number of carbonyl (C=O) groups excluding carboxylic acids is 2. The van der Waals surface area contributed by atoms with Crippen molar-refractivity contribution in [2.75, 3.05) is 0 Å². The molecule has 2 rings (SSSR count). The molecule has 0 amide bonds. The molecule has 0 aromatic heterocycles. The largest absolute Gasteiger partial charge is 0.282 e. The Morgan fingerprint density at radius 3 is 0.957 bits per heavy atom. The Bertz CT molecular complexity index is 462. The van der Waals surface area contributed by atoms with Crippen LogP contribution >= 0.6 is 25.3 Å².